The van der Waals surface area contributed by atoms with Gasteiger partial charge in [0.2, 0.25) is 0 Å². The van der Waals surface area contributed by atoms with Gasteiger partial charge < -0.3 is 0 Å². The molecule has 5 heteroatoms. The first-order valence-corrected chi connectivity index (χ1v) is 5.03. The summed E-state index contributed by atoms with van der Waals surface area (Å²) in [5.74, 6) is 0. The van der Waals surface area contributed by atoms with E-state index in [1.807, 2.05) is 22.9 Å². The molecule has 0 N–H and O–H groups in total. The predicted molar refractivity (Wildman–Crippen MR) is 47.3 cm³/mol. The largest absolute Gasteiger partial charge is 0.185 e. The van der Waals surface area contributed by atoms with Gasteiger partial charge in [-0.1, -0.05) is 0 Å². The Hall–Kier alpha value is -0.620. The van der Waals surface area contributed by atoms with Crippen LogP contribution in [0.3, 0.4) is 0 Å². The van der Waals surface area contributed by atoms with E-state index in [-0.39, 0.29) is 0 Å². The van der Waals surface area contributed by atoms with Gasteiger partial charge >= 0.3 is 0 Å². The molecule has 1 aromatic heterocycles. The van der Waals surface area contributed by atoms with Gasteiger partial charge in [-0.3, -0.25) is 0 Å². The second-order valence-corrected chi connectivity index (χ2v) is 4.71. The van der Waals surface area contributed by atoms with Crippen LogP contribution in [0.2, 0.25) is 0 Å². The molecule has 54 valence electrons. The van der Waals surface area contributed by atoms with Crippen molar-refractivity contribution in [3.8, 4) is 10.8 Å². The van der Waals surface area contributed by atoms with Crippen molar-refractivity contribution in [2.75, 3.05) is 0 Å². The number of hydrogen-bond acceptors (Lipinski definition) is 5. The van der Waals surface area contributed by atoms with Gasteiger partial charge in [0.25, 0.3) is 0 Å². The van der Waals surface area contributed by atoms with Crippen LogP contribution >= 0.6 is 34.9 Å². The number of nitrogens with zero attached hydrogens (tertiary/aromatic N) is 2. The van der Waals surface area contributed by atoms with Gasteiger partial charge in [-0.15, -0.1) is 11.3 Å². The fraction of sp³-hybridized carbons (Fsp3) is 0. The van der Waals surface area contributed by atoms with E-state index in [1.165, 1.54) is 11.3 Å². The molecule has 1 heterocycles. The molecular weight excluding hydrogens is 196 g/mol. The van der Waals surface area contributed by atoms with Crippen molar-refractivity contribution in [2.45, 2.75) is 8.42 Å². The van der Waals surface area contributed by atoms with E-state index >= 15 is 0 Å². The highest BCUT2D eigenvalue weighted by Gasteiger charge is 1.99. The summed E-state index contributed by atoms with van der Waals surface area (Å²) in [4.78, 5) is 0. The SMILES string of the molecule is N#CSc1ccc(SC#N)s1. The Labute approximate surface area is 76.8 Å². The Balaban J connectivity index is 2.69. The van der Waals surface area contributed by atoms with Gasteiger partial charge in [-0.2, -0.15) is 10.5 Å². The third-order valence-corrected chi connectivity index (χ3v) is 3.38. The number of thiocyanates is 2. The van der Waals surface area contributed by atoms with E-state index in [9.17, 15) is 0 Å². The average molecular weight is 198 g/mol. The predicted octanol–water partition coefficient (Wildman–Crippen LogP) is 2.89. The smallest absolute Gasteiger partial charge is 0.139 e. The van der Waals surface area contributed by atoms with E-state index in [0.717, 1.165) is 31.9 Å². The molecule has 0 aliphatic heterocycles. The number of nitriles is 2. The van der Waals surface area contributed by atoms with Crippen LogP contribution in [-0.4, -0.2) is 0 Å². The molecule has 1 rings (SSSR count). The minimum atomic E-state index is 0.935. The standard InChI is InChI=1S/C6H2N2S3/c7-3-9-5-1-2-6(11-5)10-4-8/h1-2H. The lowest BCUT2D eigenvalue weighted by atomic mass is 10.7. The summed E-state index contributed by atoms with van der Waals surface area (Å²) in [6, 6.07) is 3.69. The minimum Gasteiger partial charge on any atom is -0.185 e. The molecule has 0 fully saturated rings. The number of thiophene rings is 1. The van der Waals surface area contributed by atoms with Gasteiger partial charge in [-0.05, 0) is 12.1 Å². The Bertz CT molecular complexity index is 287. The molecule has 0 saturated carbocycles. The van der Waals surface area contributed by atoms with Gasteiger partial charge in [-0.25, -0.2) is 0 Å². The molecule has 0 aromatic carbocycles. The number of hydrogen-bond donors (Lipinski definition) is 0. The van der Waals surface area contributed by atoms with Crippen LogP contribution in [0.4, 0.5) is 0 Å². The highest BCUT2D eigenvalue weighted by Crippen LogP contribution is 2.32. The first-order valence-electron chi connectivity index (χ1n) is 2.58. The van der Waals surface area contributed by atoms with Crippen LogP contribution in [-0.2, 0) is 0 Å². The van der Waals surface area contributed by atoms with Crippen LogP contribution in [0.5, 0.6) is 0 Å². The van der Waals surface area contributed by atoms with Crippen LogP contribution in [0.1, 0.15) is 0 Å². The Morgan fingerprint density at radius 2 is 1.55 bits per heavy atom. The molecule has 2 nitrogen and oxygen atoms in total. The molecule has 11 heavy (non-hydrogen) atoms. The molecule has 0 aliphatic rings. The molecule has 0 aliphatic carbocycles. The Morgan fingerprint density at radius 1 is 1.09 bits per heavy atom. The van der Waals surface area contributed by atoms with Crippen LogP contribution in [0, 0.1) is 21.3 Å². The first-order chi connectivity index (χ1) is 5.36. The maximum absolute atomic E-state index is 8.31. The topological polar surface area (TPSA) is 47.6 Å². The van der Waals surface area contributed by atoms with Crippen molar-refractivity contribution in [3.63, 3.8) is 0 Å². The molecular formula is C6H2N2S3. The summed E-state index contributed by atoms with van der Waals surface area (Å²) in [5, 5.41) is 20.6. The third kappa shape index (κ3) is 2.47. The summed E-state index contributed by atoms with van der Waals surface area (Å²) in [6.45, 7) is 0. The molecule has 0 atom stereocenters. The van der Waals surface area contributed by atoms with Crippen LogP contribution in [0.25, 0.3) is 0 Å². The Kier molecular flexibility index (Phi) is 3.31. The van der Waals surface area contributed by atoms with Crippen molar-refractivity contribution in [1.29, 1.82) is 10.5 Å². The van der Waals surface area contributed by atoms with Gasteiger partial charge in [0.15, 0.2) is 0 Å². The summed E-state index contributed by atoms with van der Waals surface area (Å²) in [5.41, 5.74) is 0. The summed E-state index contributed by atoms with van der Waals surface area (Å²) in [7, 11) is 0. The fourth-order valence-electron chi connectivity index (χ4n) is 0.503. The minimum absolute atomic E-state index is 0.935. The number of thioether (sulfide) groups is 2. The molecule has 0 amide bonds. The zero-order valence-corrected chi connectivity index (χ0v) is 7.72. The molecule has 0 saturated heterocycles. The van der Waals surface area contributed by atoms with Crippen LogP contribution < -0.4 is 0 Å². The quantitative estimate of drug-likeness (QED) is 0.541. The third-order valence-electron chi connectivity index (χ3n) is 0.849. The monoisotopic (exact) mass is 198 g/mol. The zero-order valence-electron chi connectivity index (χ0n) is 5.27. The van der Waals surface area contributed by atoms with E-state index in [4.69, 9.17) is 10.5 Å². The van der Waals surface area contributed by atoms with Crippen molar-refractivity contribution in [1.82, 2.24) is 0 Å². The lowest BCUT2D eigenvalue weighted by Crippen LogP contribution is -1.47. The highest BCUT2D eigenvalue weighted by atomic mass is 32.2. The lowest BCUT2D eigenvalue weighted by Gasteiger charge is -1.80. The maximum atomic E-state index is 8.31. The molecule has 0 bridgehead atoms. The lowest BCUT2D eigenvalue weighted by molar-refractivity contribution is 1.56. The van der Waals surface area contributed by atoms with Gasteiger partial charge in [0.1, 0.15) is 10.8 Å². The number of rotatable bonds is 2. The van der Waals surface area contributed by atoms with E-state index in [0.29, 0.717) is 0 Å². The van der Waals surface area contributed by atoms with E-state index in [2.05, 4.69) is 0 Å². The zero-order chi connectivity index (χ0) is 8.10. The highest BCUT2D eigenvalue weighted by molar-refractivity contribution is 8.07. The normalized spacial score (nSPS) is 8.55. The second-order valence-electron chi connectivity index (χ2n) is 1.46. The van der Waals surface area contributed by atoms with Crippen molar-refractivity contribution in [3.05, 3.63) is 12.1 Å². The van der Waals surface area contributed by atoms with Crippen molar-refractivity contribution in [2.24, 2.45) is 0 Å². The Morgan fingerprint density at radius 3 is 1.91 bits per heavy atom. The summed E-state index contributed by atoms with van der Waals surface area (Å²) < 4.78 is 1.87. The van der Waals surface area contributed by atoms with Gasteiger partial charge in [0.05, 0.1) is 8.42 Å². The van der Waals surface area contributed by atoms with Gasteiger partial charge in [0, 0.05) is 23.5 Å². The van der Waals surface area contributed by atoms with Crippen molar-refractivity contribution >= 4 is 34.9 Å². The maximum Gasteiger partial charge on any atom is 0.139 e. The van der Waals surface area contributed by atoms with Crippen molar-refractivity contribution < 1.29 is 0 Å². The van der Waals surface area contributed by atoms with E-state index < -0.39 is 0 Å². The average Bonchev–Trinajstić information content (AvgIpc) is 2.38. The van der Waals surface area contributed by atoms with Crippen LogP contribution in [0.15, 0.2) is 20.6 Å². The summed E-state index contributed by atoms with van der Waals surface area (Å²) >= 11 is 3.71. The second kappa shape index (κ2) is 4.30. The molecule has 0 spiro atoms. The molecule has 0 radical (unpaired) electrons. The molecule has 0 unspecified atom stereocenters. The molecule has 1 aromatic rings. The first kappa shape index (κ1) is 8.48. The summed E-state index contributed by atoms with van der Waals surface area (Å²) in [6.07, 6.45) is 0. The fourth-order valence-corrected chi connectivity index (χ4v) is 2.68. The van der Waals surface area contributed by atoms with E-state index in [1.54, 1.807) is 0 Å².